The van der Waals surface area contributed by atoms with Gasteiger partial charge >= 0.3 is 0 Å². The number of carbonyl (C=O) groups excluding carboxylic acids is 2. The molecule has 0 fully saturated rings. The zero-order valence-corrected chi connectivity index (χ0v) is 18.7. The van der Waals surface area contributed by atoms with Crippen molar-refractivity contribution in [3.05, 3.63) is 59.7 Å². The van der Waals surface area contributed by atoms with Crippen molar-refractivity contribution in [2.45, 2.75) is 62.2 Å². The molecule has 0 atom stereocenters. The minimum Gasteiger partial charge on any atom is -0.411 e. The van der Waals surface area contributed by atoms with Gasteiger partial charge in [0.2, 0.25) is 11.6 Å². The lowest BCUT2D eigenvalue weighted by Crippen LogP contribution is -2.14. The first kappa shape index (κ1) is 24.3. The minimum atomic E-state index is -0.264. The van der Waals surface area contributed by atoms with Crippen LogP contribution in [0.3, 0.4) is 0 Å². The molecule has 0 bridgehead atoms. The molecule has 0 unspecified atom stereocenters. The zero-order chi connectivity index (χ0) is 22.6. The maximum atomic E-state index is 12.4. The summed E-state index contributed by atoms with van der Waals surface area (Å²) in [5.74, 6) is -0.528. The summed E-state index contributed by atoms with van der Waals surface area (Å²) in [6.45, 7) is 4.03. The van der Waals surface area contributed by atoms with E-state index in [2.05, 4.69) is 10.3 Å². The highest BCUT2D eigenvalue weighted by atomic mass is 32.2. The van der Waals surface area contributed by atoms with Crippen LogP contribution < -0.4 is 0 Å². The van der Waals surface area contributed by atoms with Gasteiger partial charge < -0.3 is 10.4 Å². The monoisotopic (exact) mass is 440 g/mol. The topological polar surface area (TPSA) is 99.3 Å². The van der Waals surface area contributed by atoms with Crippen LogP contribution in [-0.4, -0.2) is 33.4 Å². The van der Waals surface area contributed by atoms with Crippen LogP contribution in [0.5, 0.6) is 0 Å². The highest BCUT2D eigenvalue weighted by molar-refractivity contribution is 7.99. The van der Waals surface area contributed by atoms with Crippen molar-refractivity contribution in [3.8, 4) is 0 Å². The Hall–Kier alpha value is -2.93. The summed E-state index contributed by atoms with van der Waals surface area (Å²) in [5, 5.41) is 24.5. The van der Waals surface area contributed by atoms with Gasteiger partial charge in [0.05, 0.1) is 0 Å². The third kappa shape index (κ3) is 7.07. The highest BCUT2D eigenvalue weighted by Crippen LogP contribution is 2.28. The van der Waals surface area contributed by atoms with E-state index in [1.54, 1.807) is 24.3 Å². The van der Waals surface area contributed by atoms with E-state index in [1.165, 1.54) is 11.8 Å². The Labute approximate surface area is 187 Å². The number of hydrogen-bond acceptors (Lipinski definition) is 7. The van der Waals surface area contributed by atoms with E-state index >= 15 is 0 Å². The molecule has 0 radical (unpaired) electrons. The largest absolute Gasteiger partial charge is 0.411 e. The molecule has 2 N–H and O–H groups in total. The molecule has 31 heavy (non-hydrogen) atoms. The SMILES string of the molecule is CCCC/C(=N\O)C(=O)c1ccc(Sc2ccc(C(=O)/C(CCCC)=N/O)cc2)cc1. The molecule has 6 nitrogen and oxygen atoms in total. The molecule has 0 aliphatic rings. The lowest BCUT2D eigenvalue weighted by Gasteiger charge is -2.07. The van der Waals surface area contributed by atoms with Crippen LogP contribution in [0, 0.1) is 0 Å². The second kappa shape index (κ2) is 12.7. The van der Waals surface area contributed by atoms with Gasteiger partial charge in [-0.1, -0.05) is 48.8 Å². The molecule has 0 aliphatic carbocycles. The van der Waals surface area contributed by atoms with E-state index in [9.17, 15) is 9.59 Å². The van der Waals surface area contributed by atoms with Gasteiger partial charge in [-0.15, -0.1) is 0 Å². The second-order valence-corrected chi connectivity index (χ2v) is 8.26. The van der Waals surface area contributed by atoms with Crippen molar-refractivity contribution in [3.63, 3.8) is 0 Å². The number of hydrogen-bond donors (Lipinski definition) is 2. The van der Waals surface area contributed by atoms with Gasteiger partial charge in [-0.25, -0.2) is 0 Å². The third-order valence-electron chi connectivity index (χ3n) is 4.77. The van der Waals surface area contributed by atoms with Crippen molar-refractivity contribution in [2.75, 3.05) is 0 Å². The Bertz CT molecular complexity index is 858. The lowest BCUT2D eigenvalue weighted by molar-refractivity contribution is 0.105. The Morgan fingerprint density at radius 3 is 1.35 bits per heavy atom. The predicted molar refractivity (Wildman–Crippen MR) is 123 cm³/mol. The standard InChI is InChI=1S/C24H28N2O4S/c1-3-5-7-21(25-29)23(27)17-9-13-19(14-10-17)31-20-15-11-18(12-16-20)24(28)22(26-30)8-6-4-2/h9-16,29-30H,3-8H2,1-2H3/b25-21+,26-22+. The van der Waals surface area contributed by atoms with E-state index in [0.29, 0.717) is 24.0 Å². The number of ketones is 2. The molecule has 7 heteroatoms. The molecule has 0 amide bonds. The summed E-state index contributed by atoms with van der Waals surface area (Å²) < 4.78 is 0. The van der Waals surface area contributed by atoms with Crippen LogP contribution in [0.4, 0.5) is 0 Å². The number of nitrogens with zero attached hydrogens (tertiary/aromatic N) is 2. The van der Waals surface area contributed by atoms with Crippen LogP contribution in [0.2, 0.25) is 0 Å². The van der Waals surface area contributed by atoms with E-state index in [0.717, 1.165) is 35.5 Å². The number of unbranched alkanes of at least 4 members (excludes halogenated alkanes) is 2. The number of rotatable bonds is 12. The van der Waals surface area contributed by atoms with Crippen molar-refractivity contribution in [2.24, 2.45) is 10.3 Å². The molecule has 0 aliphatic heterocycles. The van der Waals surface area contributed by atoms with Gasteiger partial charge in [0.1, 0.15) is 11.4 Å². The van der Waals surface area contributed by atoms with Gasteiger partial charge in [-0.3, -0.25) is 9.59 Å². The fourth-order valence-corrected chi connectivity index (χ4v) is 3.74. The Balaban J connectivity index is 2.04. The fourth-order valence-electron chi connectivity index (χ4n) is 2.92. The summed E-state index contributed by atoms with van der Waals surface area (Å²) in [5.41, 5.74) is 1.31. The molecule has 2 aromatic rings. The van der Waals surface area contributed by atoms with E-state index in [4.69, 9.17) is 10.4 Å². The number of carbonyl (C=O) groups is 2. The molecular formula is C24H28N2O4S. The molecule has 2 aromatic carbocycles. The maximum Gasteiger partial charge on any atom is 0.210 e. The van der Waals surface area contributed by atoms with Crippen LogP contribution in [0.15, 0.2) is 68.6 Å². The zero-order valence-electron chi connectivity index (χ0n) is 17.9. The summed E-state index contributed by atoms with van der Waals surface area (Å²) in [6, 6.07) is 14.2. The molecule has 2 rings (SSSR count). The van der Waals surface area contributed by atoms with Crippen molar-refractivity contribution < 1.29 is 20.0 Å². The number of oxime groups is 2. The van der Waals surface area contributed by atoms with Gasteiger partial charge in [-0.2, -0.15) is 0 Å². The minimum absolute atomic E-state index is 0.173. The smallest absolute Gasteiger partial charge is 0.210 e. The third-order valence-corrected chi connectivity index (χ3v) is 5.78. The second-order valence-electron chi connectivity index (χ2n) is 7.11. The van der Waals surface area contributed by atoms with Crippen LogP contribution >= 0.6 is 11.8 Å². The molecule has 0 saturated heterocycles. The van der Waals surface area contributed by atoms with Crippen molar-refractivity contribution in [1.29, 1.82) is 0 Å². The Morgan fingerprint density at radius 2 is 1.06 bits per heavy atom. The summed E-state index contributed by atoms with van der Waals surface area (Å²) in [4.78, 5) is 26.8. The molecule has 0 spiro atoms. The molecule has 164 valence electrons. The van der Waals surface area contributed by atoms with E-state index < -0.39 is 0 Å². The van der Waals surface area contributed by atoms with Gasteiger partial charge in [0.15, 0.2) is 0 Å². The molecule has 0 heterocycles. The normalized spacial score (nSPS) is 12.1. The summed E-state index contributed by atoms with van der Waals surface area (Å²) in [7, 11) is 0. The van der Waals surface area contributed by atoms with Crippen molar-refractivity contribution >= 4 is 34.8 Å². The van der Waals surface area contributed by atoms with Crippen LogP contribution in [0.25, 0.3) is 0 Å². The molecule has 0 aromatic heterocycles. The maximum absolute atomic E-state index is 12.4. The first-order valence-corrected chi connectivity index (χ1v) is 11.2. The average Bonchev–Trinajstić information content (AvgIpc) is 2.80. The summed E-state index contributed by atoms with van der Waals surface area (Å²) in [6.07, 6.45) is 4.32. The summed E-state index contributed by atoms with van der Waals surface area (Å²) >= 11 is 1.50. The van der Waals surface area contributed by atoms with E-state index in [1.807, 2.05) is 38.1 Å². The van der Waals surface area contributed by atoms with E-state index in [-0.39, 0.29) is 23.0 Å². The average molecular weight is 441 g/mol. The van der Waals surface area contributed by atoms with Crippen molar-refractivity contribution in [1.82, 2.24) is 0 Å². The highest BCUT2D eigenvalue weighted by Gasteiger charge is 2.16. The molecular weight excluding hydrogens is 412 g/mol. The first-order chi connectivity index (χ1) is 15.0. The quantitative estimate of drug-likeness (QED) is 0.176. The van der Waals surface area contributed by atoms with Gasteiger partial charge in [0, 0.05) is 20.9 Å². The Morgan fingerprint density at radius 1 is 0.710 bits per heavy atom. The predicted octanol–water partition coefficient (Wildman–Crippen LogP) is 6.24. The fraction of sp³-hybridized carbons (Fsp3) is 0.333. The number of Topliss-reactive ketones (excluding diaryl/α,β-unsaturated/α-hetero) is 2. The molecule has 0 saturated carbocycles. The first-order valence-electron chi connectivity index (χ1n) is 10.4. The van der Waals surface area contributed by atoms with Crippen LogP contribution in [-0.2, 0) is 0 Å². The van der Waals surface area contributed by atoms with Gasteiger partial charge in [-0.05, 0) is 74.2 Å². The van der Waals surface area contributed by atoms with Gasteiger partial charge in [0.25, 0.3) is 0 Å². The lowest BCUT2D eigenvalue weighted by atomic mass is 10.0. The number of benzene rings is 2. The van der Waals surface area contributed by atoms with Crippen LogP contribution in [0.1, 0.15) is 73.1 Å². The Kier molecular flexibility index (Phi) is 9.97.